The summed E-state index contributed by atoms with van der Waals surface area (Å²) in [7, 11) is 2.59. The van der Waals surface area contributed by atoms with Gasteiger partial charge in [0.2, 0.25) is 11.8 Å². The van der Waals surface area contributed by atoms with Crippen LogP contribution in [-0.4, -0.2) is 108 Å². The first-order chi connectivity index (χ1) is 29.1. The van der Waals surface area contributed by atoms with E-state index in [1.807, 2.05) is 32.6 Å². The Labute approximate surface area is 358 Å². The number of likely N-dealkylation sites (tertiary alicyclic amines) is 2. The summed E-state index contributed by atoms with van der Waals surface area (Å²) in [5.41, 5.74) is 7.30. The zero-order chi connectivity index (χ0) is 43.6. The molecule has 0 unspecified atom stereocenters. The average Bonchev–Trinajstić information content (AvgIpc) is 4.09. The normalized spacial score (nSPS) is 21.6. The molecule has 326 valence electrons. The number of carbonyl (C=O) groups excluding carboxylic acids is 4. The molecular weight excluding hydrogens is 777 g/mol. The molecule has 7 rings (SSSR count). The standard InChI is InChI=1S/C47H60N6O8/c1-28(2)39(50-44(56)58-7)42(54)52-21-9-10-37(52)35-20-19-34(22-35)32-13-11-30(12-14-32)31-15-17-33(18-16-31)36-24-48-41(49-36)38-23-47(60-26-46(5,6)27-61-47)25-53(38)43(55)40(29(3)4)51-45(57)59-8/h11-20,24,28-29,37-40H,9-10,21-23,25-27H2,1-8H3,(H,48,49)(H,50,56)(H,51,57)/t37-,38-,39-,40+/m0/s1. The lowest BCUT2D eigenvalue weighted by atomic mass is 9.94. The van der Waals surface area contributed by atoms with E-state index < -0.39 is 36.1 Å². The maximum absolute atomic E-state index is 14.2. The lowest BCUT2D eigenvalue weighted by Gasteiger charge is -2.41. The number of ether oxygens (including phenoxy) is 4. The summed E-state index contributed by atoms with van der Waals surface area (Å²) in [6.07, 6.45) is 7.79. The van der Waals surface area contributed by atoms with Crippen LogP contribution < -0.4 is 10.6 Å². The maximum atomic E-state index is 14.2. The smallest absolute Gasteiger partial charge is 0.407 e. The molecule has 61 heavy (non-hydrogen) atoms. The van der Waals surface area contributed by atoms with Crippen molar-refractivity contribution in [1.82, 2.24) is 30.4 Å². The van der Waals surface area contributed by atoms with E-state index in [0.717, 1.165) is 47.2 Å². The number of hydrogen-bond donors (Lipinski definition) is 3. The number of imidazole rings is 1. The van der Waals surface area contributed by atoms with Gasteiger partial charge in [0, 0.05) is 18.4 Å². The quantitative estimate of drug-likeness (QED) is 0.181. The maximum Gasteiger partial charge on any atom is 0.407 e. The van der Waals surface area contributed by atoms with Gasteiger partial charge in [-0.05, 0) is 64.5 Å². The number of rotatable bonds is 11. The summed E-state index contributed by atoms with van der Waals surface area (Å²) in [4.78, 5) is 63.9. The first-order valence-corrected chi connectivity index (χ1v) is 21.3. The van der Waals surface area contributed by atoms with E-state index in [9.17, 15) is 19.2 Å². The van der Waals surface area contributed by atoms with Gasteiger partial charge in [-0.15, -0.1) is 0 Å². The van der Waals surface area contributed by atoms with Gasteiger partial charge in [0.25, 0.3) is 0 Å². The molecule has 1 aromatic heterocycles. The Bertz CT molecular complexity index is 2150. The van der Waals surface area contributed by atoms with Crippen molar-refractivity contribution >= 4 is 29.6 Å². The Balaban J connectivity index is 1.01. The van der Waals surface area contributed by atoms with Gasteiger partial charge in [0.05, 0.1) is 58.0 Å². The fourth-order valence-electron chi connectivity index (χ4n) is 8.78. The molecule has 0 radical (unpaired) electrons. The summed E-state index contributed by atoms with van der Waals surface area (Å²) >= 11 is 0. The number of alkyl carbamates (subject to hydrolysis) is 2. The second kappa shape index (κ2) is 17.9. The fourth-order valence-corrected chi connectivity index (χ4v) is 8.78. The first kappa shape index (κ1) is 43.6. The summed E-state index contributed by atoms with van der Waals surface area (Å²) in [5, 5.41) is 5.46. The van der Waals surface area contributed by atoms with E-state index in [4.69, 9.17) is 23.9 Å². The van der Waals surface area contributed by atoms with Crippen LogP contribution in [0.3, 0.4) is 0 Å². The molecule has 3 aliphatic heterocycles. The molecule has 14 nitrogen and oxygen atoms in total. The second-order valence-electron chi connectivity index (χ2n) is 18.2. The van der Waals surface area contributed by atoms with E-state index in [0.29, 0.717) is 32.0 Å². The number of allylic oxidation sites excluding steroid dienone is 3. The highest BCUT2D eigenvalue weighted by Gasteiger charge is 2.53. The fraction of sp³-hybridized carbons (Fsp3) is 0.511. The minimum atomic E-state index is -0.986. The predicted octanol–water partition coefficient (Wildman–Crippen LogP) is 7.25. The average molecular weight is 837 g/mol. The Kier molecular flexibility index (Phi) is 12.8. The highest BCUT2D eigenvalue weighted by molar-refractivity contribution is 5.88. The van der Waals surface area contributed by atoms with Crippen molar-refractivity contribution < 1.29 is 38.1 Å². The van der Waals surface area contributed by atoms with E-state index in [1.165, 1.54) is 25.4 Å². The molecular formula is C47H60N6O8. The zero-order valence-electron chi connectivity index (χ0n) is 36.6. The summed E-state index contributed by atoms with van der Waals surface area (Å²) in [6.45, 7) is 13.6. The SMILES string of the molecule is COC(=O)N[C@H](C(=O)N1CCC[C@H]1C1=CC=C(c2ccc(-c3ccc(-c4cnc([C@@H]5CC6(CN5C(=O)[C@H](NC(=O)OC)C(C)C)OCC(C)(C)CO6)[nH]4)cc3)cc2)C1)C(C)C. The number of nitrogens with one attached hydrogen (secondary N) is 3. The van der Waals surface area contributed by atoms with E-state index >= 15 is 0 Å². The number of aromatic amines is 1. The minimum Gasteiger partial charge on any atom is -0.453 e. The first-order valence-electron chi connectivity index (χ1n) is 21.3. The van der Waals surface area contributed by atoms with Crippen LogP contribution in [0.5, 0.6) is 0 Å². The van der Waals surface area contributed by atoms with Crippen LogP contribution in [-0.2, 0) is 28.5 Å². The Hall–Kier alpha value is -5.47. The number of methoxy groups -OCH3 is 2. The Morgan fingerprint density at radius 1 is 0.770 bits per heavy atom. The van der Waals surface area contributed by atoms with Crippen LogP contribution in [0, 0.1) is 17.3 Å². The monoisotopic (exact) mass is 836 g/mol. The number of hydrogen-bond acceptors (Lipinski definition) is 9. The van der Waals surface area contributed by atoms with Crippen LogP contribution in [0.25, 0.3) is 28.0 Å². The van der Waals surface area contributed by atoms with Gasteiger partial charge in [0.1, 0.15) is 17.9 Å². The van der Waals surface area contributed by atoms with Crippen molar-refractivity contribution in [2.24, 2.45) is 17.3 Å². The van der Waals surface area contributed by atoms with Gasteiger partial charge in [-0.1, -0.05) is 102 Å². The van der Waals surface area contributed by atoms with Crippen molar-refractivity contribution in [1.29, 1.82) is 0 Å². The van der Waals surface area contributed by atoms with Crippen molar-refractivity contribution in [2.45, 2.75) is 97.2 Å². The van der Waals surface area contributed by atoms with E-state index in [-0.39, 0.29) is 41.7 Å². The number of carbonyl (C=O) groups is 4. The van der Waals surface area contributed by atoms with Crippen molar-refractivity contribution in [3.8, 4) is 22.4 Å². The molecule has 4 atom stereocenters. The van der Waals surface area contributed by atoms with Gasteiger partial charge in [-0.3, -0.25) is 9.59 Å². The van der Waals surface area contributed by atoms with Crippen LogP contribution >= 0.6 is 0 Å². The number of H-pyrrole nitrogens is 1. The highest BCUT2D eigenvalue weighted by atomic mass is 16.7. The van der Waals surface area contributed by atoms with Crippen LogP contribution in [0.15, 0.2) is 72.5 Å². The molecule has 3 fully saturated rings. The van der Waals surface area contributed by atoms with Crippen LogP contribution in [0.4, 0.5) is 9.59 Å². The lowest BCUT2D eigenvalue weighted by Crippen LogP contribution is -2.53. The van der Waals surface area contributed by atoms with Gasteiger partial charge in [0.15, 0.2) is 5.79 Å². The molecule has 14 heteroatoms. The van der Waals surface area contributed by atoms with Gasteiger partial charge in [-0.25, -0.2) is 14.6 Å². The number of aromatic nitrogens is 2. The van der Waals surface area contributed by atoms with E-state index in [1.54, 1.807) is 11.1 Å². The molecule has 1 aliphatic carbocycles. The van der Waals surface area contributed by atoms with Crippen molar-refractivity contribution in [2.75, 3.05) is 40.5 Å². The summed E-state index contributed by atoms with van der Waals surface area (Å²) in [6, 6.07) is 14.9. The second-order valence-corrected chi connectivity index (χ2v) is 18.2. The van der Waals surface area contributed by atoms with Gasteiger partial charge >= 0.3 is 12.2 Å². The third-order valence-electron chi connectivity index (χ3n) is 12.4. The zero-order valence-corrected chi connectivity index (χ0v) is 36.6. The van der Waals surface area contributed by atoms with Gasteiger partial charge < -0.3 is 44.4 Å². The molecule has 4 aliphatic rings. The third kappa shape index (κ3) is 9.40. The van der Waals surface area contributed by atoms with Crippen LogP contribution in [0.2, 0.25) is 0 Å². The largest absolute Gasteiger partial charge is 0.453 e. The minimum absolute atomic E-state index is 0.00189. The number of benzene rings is 2. The van der Waals surface area contributed by atoms with Crippen molar-refractivity contribution in [3.05, 3.63) is 83.8 Å². The van der Waals surface area contributed by atoms with E-state index in [2.05, 4.69) is 90.1 Å². The Morgan fingerprint density at radius 2 is 1.31 bits per heavy atom. The highest BCUT2D eigenvalue weighted by Crippen LogP contribution is 2.45. The molecule has 4 amide bonds. The molecule has 3 N–H and O–H groups in total. The third-order valence-corrected chi connectivity index (χ3v) is 12.4. The van der Waals surface area contributed by atoms with Crippen molar-refractivity contribution in [3.63, 3.8) is 0 Å². The molecule has 1 spiro atoms. The lowest BCUT2D eigenvalue weighted by molar-refractivity contribution is -0.290. The molecule has 0 bridgehead atoms. The summed E-state index contributed by atoms with van der Waals surface area (Å²) in [5.74, 6) is -0.972. The molecule has 0 saturated carbocycles. The summed E-state index contributed by atoms with van der Waals surface area (Å²) < 4.78 is 22.3. The predicted molar refractivity (Wildman–Crippen MR) is 231 cm³/mol. The topological polar surface area (TPSA) is 164 Å². The Morgan fingerprint density at radius 3 is 1.87 bits per heavy atom. The number of amides is 4. The molecule has 4 heterocycles. The molecule has 3 saturated heterocycles. The van der Waals surface area contributed by atoms with Gasteiger partial charge in [-0.2, -0.15) is 0 Å². The molecule has 2 aromatic carbocycles. The number of nitrogens with zero attached hydrogens (tertiary/aromatic N) is 3. The molecule has 3 aromatic rings. The van der Waals surface area contributed by atoms with Crippen LogP contribution in [0.1, 0.15) is 84.7 Å².